The Morgan fingerprint density at radius 1 is 1.55 bits per heavy atom. The monoisotopic (exact) mass is 175 g/mol. The van der Waals surface area contributed by atoms with Crippen molar-refractivity contribution in [1.82, 2.24) is 15.0 Å². The molecule has 0 unspecified atom stereocenters. The number of H-pyrrole nitrogens is 1. The molecule has 0 atom stereocenters. The van der Waals surface area contributed by atoms with Gasteiger partial charge in [0.05, 0.1) is 6.61 Å². The summed E-state index contributed by atoms with van der Waals surface area (Å²) in [4.78, 5) is 19.9. The van der Waals surface area contributed by atoms with Crippen LogP contribution in [0.4, 0.5) is 0 Å². The van der Waals surface area contributed by atoms with Crippen LogP contribution >= 0.6 is 11.6 Å². The number of aliphatic hydroxyl groups is 1. The minimum Gasteiger partial charge on any atom is -0.396 e. The molecule has 5 nitrogen and oxygen atoms in total. The van der Waals surface area contributed by atoms with Gasteiger partial charge in [0.2, 0.25) is 5.28 Å². The summed E-state index contributed by atoms with van der Waals surface area (Å²) in [6.07, 6.45) is 0.275. The third kappa shape index (κ3) is 2.28. The third-order valence-corrected chi connectivity index (χ3v) is 1.19. The van der Waals surface area contributed by atoms with Crippen LogP contribution in [-0.2, 0) is 6.42 Å². The fourth-order valence-corrected chi connectivity index (χ4v) is 0.803. The standard InChI is InChI=1S/C5H6ClN3O2/c6-4-7-3(1-2-10)8-5(11)9-4/h10H,1-2H2,(H,7,8,9,11). The summed E-state index contributed by atoms with van der Waals surface area (Å²) in [5, 5.41) is 8.38. The van der Waals surface area contributed by atoms with E-state index in [1.54, 1.807) is 0 Å². The number of hydrogen-bond donors (Lipinski definition) is 2. The van der Waals surface area contributed by atoms with Gasteiger partial charge in [-0.1, -0.05) is 0 Å². The number of halogens is 1. The Hall–Kier alpha value is -0.940. The van der Waals surface area contributed by atoms with Crippen LogP contribution in [0.1, 0.15) is 5.82 Å². The van der Waals surface area contributed by atoms with Gasteiger partial charge in [-0.2, -0.15) is 4.98 Å². The van der Waals surface area contributed by atoms with Crippen molar-refractivity contribution in [3.05, 3.63) is 21.6 Å². The Balaban J connectivity index is 2.99. The Kier molecular flexibility index (Phi) is 2.56. The zero-order chi connectivity index (χ0) is 8.27. The molecule has 1 aromatic heterocycles. The molecule has 1 heterocycles. The number of aromatic nitrogens is 3. The Labute approximate surface area is 67.1 Å². The highest BCUT2D eigenvalue weighted by atomic mass is 35.5. The maximum atomic E-state index is 10.6. The number of aromatic amines is 1. The summed E-state index contributed by atoms with van der Waals surface area (Å²) < 4.78 is 0. The summed E-state index contributed by atoms with van der Waals surface area (Å²) in [6.45, 7) is -0.0801. The van der Waals surface area contributed by atoms with Crippen molar-refractivity contribution >= 4 is 11.6 Å². The Morgan fingerprint density at radius 2 is 2.27 bits per heavy atom. The topological polar surface area (TPSA) is 78.9 Å². The summed E-state index contributed by atoms with van der Waals surface area (Å²) in [6, 6.07) is 0. The van der Waals surface area contributed by atoms with E-state index >= 15 is 0 Å². The van der Waals surface area contributed by atoms with E-state index < -0.39 is 5.69 Å². The van der Waals surface area contributed by atoms with Crippen molar-refractivity contribution < 1.29 is 5.11 Å². The van der Waals surface area contributed by atoms with Crippen molar-refractivity contribution in [3.63, 3.8) is 0 Å². The molecule has 11 heavy (non-hydrogen) atoms. The molecule has 0 aliphatic rings. The van der Waals surface area contributed by atoms with Crippen LogP contribution in [0.15, 0.2) is 4.79 Å². The molecule has 0 aliphatic carbocycles. The van der Waals surface area contributed by atoms with Gasteiger partial charge >= 0.3 is 5.69 Å². The maximum absolute atomic E-state index is 10.6. The minimum absolute atomic E-state index is 0.0801. The van der Waals surface area contributed by atoms with Crippen LogP contribution in [0.5, 0.6) is 0 Å². The predicted octanol–water partition coefficient (Wildman–Crippen LogP) is -0.647. The van der Waals surface area contributed by atoms with Gasteiger partial charge in [-0.3, -0.25) is 4.98 Å². The van der Waals surface area contributed by atoms with E-state index in [1.165, 1.54) is 0 Å². The summed E-state index contributed by atoms with van der Waals surface area (Å²) in [5.74, 6) is 0.345. The molecule has 0 aliphatic heterocycles. The lowest BCUT2D eigenvalue weighted by atomic mass is 10.4. The van der Waals surface area contributed by atoms with Gasteiger partial charge in [0.15, 0.2) is 0 Å². The van der Waals surface area contributed by atoms with Crippen molar-refractivity contribution in [1.29, 1.82) is 0 Å². The summed E-state index contributed by atoms with van der Waals surface area (Å²) in [5.41, 5.74) is -0.548. The van der Waals surface area contributed by atoms with E-state index in [0.29, 0.717) is 5.82 Å². The predicted molar refractivity (Wildman–Crippen MR) is 38.5 cm³/mol. The molecule has 0 saturated carbocycles. The molecule has 0 amide bonds. The van der Waals surface area contributed by atoms with E-state index in [2.05, 4.69) is 15.0 Å². The smallest absolute Gasteiger partial charge is 0.349 e. The summed E-state index contributed by atoms with van der Waals surface area (Å²) in [7, 11) is 0. The molecule has 0 aromatic carbocycles. The molecule has 2 N–H and O–H groups in total. The fraction of sp³-hybridized carbons (Fsp3) is 0.400. The minimum atomic E-state index is -0.548. The van der Waals surface area contributed by atoms with Gasteiger partial charge in [0, 0.05) is 6.42 Å². The average molecular weight is 176 g/mol. The number of nitrogens with zero attached hydrogens (tertiary/aromatic N) is 2. The largest absolute Gasteiger partial charge is 0.396 e. The molecular formula is C5H6ClN3O2. The molecule has 0 radical (unpaired) electrons. The third-order valence-electron chi connectivity index (χ3n) is 1.02. The number of hydrogen-bond acceptors (Lipinski definition) is 4. The van der Waals surface area contributed by atoms with Crippen molar-refractivity contribution in [2.75, 3.05) is 6.61 Å². The lowest BCUT2D eigenvalue weighted by Crippen LogP contribution is -2.15. The van der Waals surface area contributed by atoms with Gasteiger partial charge in [-0.05, 0) is 11.6 Å². The molecule has 60 valence electrons. The zero-order valence-corrected chi connectivity index (χ0v) is 6.30. The van der Waals surface area contributed by atoms with Crippen LogP contribution < -0.4 is 5.69 Å². The number of nitrogens with one attached hydrogen (secondary N) is 1. The second kappa shape index (κ2) is 3.45. The molecular weight excluding hydrogens is 170 g/mol. The van der Waals surface area contributed by atoms with Crippen LogP contribution in [0, 0.1) is 0 Å². The fourth-order valence-electron chi connectivity index (χ4n) is 0.624. The van der Waals surface area contributed by atoms with E-state index in [-0.39, 0.29) is 18.3 Å². The zero-order valence-electron chi connectivity index (χ0n) is 5.54. The van der Waals surface area contributed by atoms with E-state index in [0.717, 1.165) is 0 Å². The highest BCUT2D eigenvalue weighted by molar-refractivity contribution is 6.28. The Morgan fingerprint density at radius 3 is 2.82 bits per heavy atom. The van der Waals surface area contributed by atoms with Gasteiger partial charge < -0.3 is 5.11 Å². The van der Waals surface area contributed by atoms with Crippen LogP contribution in [0.2, 0.25) is 5.28 Å². The van der Waals surface area contributed by atoms with Gasteiger partial charge in [-0.25, -0.2) is 9.78 Å². The van der Waals surface area contributed by atoms with Crippen LogP contribution in [-0.4, -0.2) is 26.7 Å². The van der Waals surface area contributed by atoms with Crippen molar-refractivity contribution in [3.8, 4) is 0 Å². The van der Waals surface area contributed by atoms with Crippen molar-refractivity contribution in [2.24, 2.45) is 0 Å². The van der Waals surface area contributed by atoms with E-state index in [1.807, 2.05) is 0 Å². The van der Waals surface area contributed by atoms with Crippen molar-refractivity contribution in [2.45, 2.75) is 6.42 Å². The molecule has 0 saturated heterocycles. The highest BCUT2D eigenvalue weighted by Crippen LogP contribution is 1.94. The second-order valence-corrected chi connectivity index (χ2v) is 2.18. The molecule has 0 bridgehead atoms. The lowest BCUT2D eigenvalue weighted by molar-refractivity contribution is 0.296. The Bertz CT molecular complexity index is 298. The van der Waals surface area contributed by atoms with Gasteiger partial charge in [0.1, 0.15) is 5.82 Å². The van der Waals surface area contributed by atoms with Gasteiger partial charge in [0.25, 0.3) is 0 Å². The average Bonchev–Trinajstić information content (AvgIpc) is 1.85. The molecule has 1 rings (SSSR count). The number of aliphatic hydroxyl groups excluding tert-OH is 1. The van der Waals surface area contributed by atoms with Crippen LogP contribution in [0.3, 0.4) is 0 Å². The molecule has 0 spiro atoms. The first-order chi connectivity index (χ1) is 5.22. The number of rotatable bonds is 2. The lowest BCUT2D eigenvalue weighted by Gasteiger charge is -1.94. The van der Waals surface area contributed by atoms with Gasteiger partial charge in [-0.15, -0.1) is 0 Å². The van der Waals surface area contributed by atoms with Crippen LogP contribution in [0.25, 0.3) is 0 Å². The maximum Gasteiger partial charge on any atom is 0.349 e. The molecule has 0 fully saturated rings. The quantitative estimate of drug-likeness (QED) is 0.626. The first-order valence-electron chi connectivity index (χ1n) is 2.96. The molecule has 6 heteroatoms. The van der Waals surface area contributed by atoms with E-state index in [4.69, 9.17) is 16.7 Å². The SMILES string of the molecule is O=c1nc(Cl)nc(CCO)[nH]1. The highest BCUT2D eigenvalue weighted by Gasteiger charge is 1.98. The first kappa shape index (κ1) is 8.16. The van der Waals surface area contributed by atoms with E-state index in [9.17, 15) is 4.79 Å². The summed E-state index contributed by atoms with van der Waals surface area (Å²) >= 11 is 5.36. The second-order valence-electron chi connectivity index (χ2n) is 1.84. The molecule has 1 aromatic rings. The normalized spacial score (nSPS) is 10.0. The first-order valence-corrected chi connectivity index (χ1v) is 3.34.